The molecule has 0 aromatic heterocycles. The monoisotopic (exact) mass is 300 g/mol. The molecule has 2 aromatic carbocycles. The minimum absolute atomic E-state index is 0.0382. The van der Waals surface area contributed by atoms with E-state index in [9.17, 15) is 14.3 Å². The van der Waals surface area contributed by atoms with Gasteiger partial charge in [0.1, 0.15) is 11.6 Å². The molecule has 0 aliphatic rings. The quantitative estimate of drug-likeness (QED) is 0.666. The number of carbonyl (C=O) groups is 1. The van der Waals surface area contributed by atoms with Crippen molar-refractivity contribution in [2.45, 2.75) is 13.8 Å². The third-order valence-corrected chi connectivity index (χ3v) is 3.22. The van der Waals surface area contributed by atoms with Gasteiger partial charge in [0, 0.05) is 5.56 Å². The SMILES string of the molecule is CCOc1ccc(/C(=C/c2ccccc2F)C(=O)O)cc1C. The highest BCUT2D eigenvalue weighted by Gasteiger charge is 2.13. The van der Waals surface area contributed by atoms with E-state index in [-0.39, 0.29) is 11.1 Å². The van der Waals surface area contributed by atoms with Gasteiger partial charge in [-0.25, -0.2) is 9.18 Å². The molecular weight excluding hydrogens is 283 g/mol. The van der Waals surface area contributed by atoms with Crippen molar-refractivity contribution in [3.8, 4) is 5.75 Å². The molecule has 0 fully saturated rings. The van der Waals surface area contributed by atoms with E-state index >= 15 is 0 Å². The third kappa shape index (κ3) is 3.52. The summed E-state index contributed by atoms with van der Waals surface area (Å²) in [5.74, 6) is -0.849. The second-order valence-corrected chi connectivity index (χ2v) is 4.80. The van der Waals surface area contributed by atoms with Crippen LogP contribution in [0, 0.1) is 12.7 Å². The maximum atomic E-state index is 13.7. The summed E-state index contributed by atoms with van der Waals surface area (Å²) in [7, 11) is 0. The molecule has 0 aliphatic heterocycles. The number of aryl methyl sites for hydroxylation is 1. The molecule has 0 atom stereocenters. The van der Waals surface area contributed by atoms with Crippen LogP contribution < -0.4 is 4.74 Å². The molecule has 0 spiro atoms. The Hall–Kier alpha value is -2.62. The molecule has 2 rings (SSSR count). The smallest absolute Gasteiger partial charge is 0.336 e. The lowest BCUT2D eigenvalue weighted by atomic mass is 10.0. The van der Waals surface area contributed by atoms with Crippen molar-refractivity contribution in [2.24, 2.45) is 0 Å². The van der Waals surface area contributed by atoms with Crippen molar-refractivity contribution in [3.63, 3.8) is 0 Å². The Morgan fingerprint density at radius 1 is 1.27 bits per heavy atom. The van der Waals surface area contributed by atoms with Crippen LogP contribution in [0.3, 0.4) is 0 Å². The Morgan fingerprint density at radius 2 is 2.00 bits per heavy atom. The standard InChI is InChI=1S/C18H17FO3/c1-3-22-17-9-8-13(10-12(17)2)15(18(20)21)11-14-6-4-5-7-16(14)19/h4-11H,3H2,1-2H3,(H,20,21)/b15-11-. The molecule has 0 saturated carbocycles. The molecule has 114 valence electrons. The van der Waals surface area contributed by atoms with Gasteiger partial charge < -0.3 is 9.84 Å². The van der Waals surface area contributed by atoms with E-state index in [1.807, 2.05) is 13.8 Å². The van der Waals surface area contributed by atoms with Gasteiger partial charge in [0.25, 0.3) is 0 Å². The van der Waals surface area contributed by atoms with Gasteiger partial charge in [-0.05, 0) is 49.2 Å². The van der Waals surface area contributed by atoms with E-state index < -0.39 is 11.8 Å². The number of carboxylic acids is 1. The number of aliphatic carboxylic acids is 1. The Kier molecular flexibility index (Phi) is 4.94. The first-order valence-electron chi connectivity index (χ1n) is 6.96. The predicted molar refractivity (Wildman–Crippen MR) is 84.3 cm³/mol. The summed E-state index contributed by atoms with van der Waals surface area (Å²) in [6.45, 7) is 4.27. The minimum Gasteiger partial charge on any atom is -0.494 e. The second kappa shape index (κ2) is 6.89. The second-order valence-electron chi connectivity index (χ2n) is 4.80. The van der Waals surface area contributed by atoms with Crippen LogP contribution >= 0.6 is 0 Å². The lowest BCUT2D eigenvalue weighted by Crippen LogP contribution is -2.01. The molecule has 0 unspecified atom stereocenters. The van der Waals surface area contributed by atoms with Crippen molar-refractivity contribution in [1.29, 1.82) is 0 Å². The number of rotatable bonds is 5. The molecule has 0 heterocycles. The molecule has 0 amide bonds. The fourth-order valence-corrected chi connectivity index (χ4v) is 2.15. The third-order valence-electron chi connectivity index (χ3n) is 3.22. The van der Waals surface area contributed by atoms with E-state index in [4.69, 9.17) is 4.74 Å². The van der Waals surface area contributed by atoms with Crippen molar-refractivity contribution < 1.29 is 19.0 Å². The highest BCUT2D eigenvalue weighted by Crippen LogP contribution is 2.26. The van der Waals surface area contributed by atoms with Crippen LogP contribution in [0.4, 0.5) is 4.39 Å². The molecule has 3 nitrogen and oxygen atoms in total. The van der Waals surface area contributed by atoms with Crippen molar-refractivity contribution in [1.82, 2.24) is 0 Å². The Bertz CT molecular complexity index is 720. The first kappa shape index (κ1) is 15.8. The first-order valence-corrected chi connectivity index (χ1v) is 6.96. The molecule has 0 bridgehead atoms. The van der Waals surface area contributed by atoms with Crippen LogP contribution in [-0.2, 0) is 4.79 Å². The normalized spacial score (nSPS) is 11.3. The molecule has 4 heteroatoms. The van der Waals surface area contributed by atoms with Crippen molar-refractivity contribution in [2.75, 3.05) is 6.61 Å². The average molecular weight is 300 g/mol. The number of halogens is 1. The molecule has 22 heavy (non-hydrogen) atoms. The number of hydrogen-bond donors (Lipinski definition) is 1. The minimum atomic E-state index is -1.10. The van der Waals surface area contributed by atoms with Gasteiger partial charge in [0.2, 0.25) is 0 Å². The zero-order valence-electron chi connectivity index (χ0n) is 12.5. The van der Waals surface area contributed by atoms with Gasteiger partial charge >= 0.3 is 5.97 Å². The van der Waals surface area contributed by atoms with Gasteiger partial charge in [-0.3, -0.25) is 0 Å². The Balaban J connectivity index is 2.47. The van der Waals surface area contributed by atoms with Gasteiger partial charge in [-0.1, -0.05) is 24.3 Å². The summed E-state index contributed by atoms with van der Waals surface area (Å²) >= 11 is 0. The van der Waals surface area contributed by atoms with Gasteiger partial charge in [-0.15, -0.1) is 0 Å². The van der Waals surface area contributed by atoms with E-state index in [2.05, 4.69) is 0 Å². The zero-order chi connectivity index (χ0) is 16.1. The van der Waals surface area contributed by atoms with Gasteiger partial charge in [0.05, 0.1) is 12.2 Å². The fourth-order valence-electron chi connectivity index (χ4n) is 2.15. The zero-order valence-corrected chi connectivity index (χ0v) is 12.5. The molecule has 0 radical (unpaired) electrons. The summed E-state index contributed by atoms with van der Waals surface area (Å²) in [6.07, 6.45) is 1.34. The van der Waals surface area contributed by atoms with Crippen LogP contribution in [0.15, 0.2) is 42.5 Å². The molecular formula is C18H17FO3. The summed E-state index contributed by atoms with van der Waals surface area (Å²) in [5.41, 5.74) is 1.62. The number of carboxylic acid groups (broad SMARTS) is 1. The maximum Gasteiger partial charge on any atom is 0.336 e. The van der Waals surface area contributed by atoms with Crippen LogP contribution in [0.1, 0.15) is 23.6 Å². The number of benzene rings is 2. The van der Waals surface area contributed by atoms with E-state index in [0.29, 0.717) is 17.9 Å². The molecule has 0 saturated heterocycles. The lowest BCUT2D eigenvalue weighted by Gasteiger charge is -2.10. The predicted octanol–water partition coefficient (Wildman–Crippen LogP) is 4.16. The van der Waals surface area contributed by atoms with E-state index in [0.717, 1.165) is 5.56 Å². The van der Waals surface area contributed by atoms with Gasteiger partial charge in [0.15, 0.2) is 0 Å². The van der Waals surface area contributed by atoms with E-state index in [1.165, 1.54) is 12.1 Å². The van der Waals surface area contributed by atoms with Gasteiger partial charge in [-0.2, -0.15) is 0 Å². The van der Waals surface area contributed by atoms with E-state index in [1.54, 1.807) is 36.4 Å². The summed E-state index contributed by atoms with van der Waals surface area (Å²) < 4.78 is 19.2. The Labute approximate surface area is 128 Å². The summed E-state index contributed by atoms with van der Waals surface area (Å²) in [5, 5.41) is 9.42. The highest BCUT2D eigenvalue weighted by atomic mass is 19.1. The number of hydrogen-bond acceptors (Lipinski definition) is 2. The maximum absolute atomic E-state index is 13.7. The highest BCUT2D eigenvalue weighted by molar-refractivity contribution is 6.20. The first-order chi connectivity index (χ1) is 10.5. The average Bonchev–Trinajstić information content (AvgIpc) is 2.48. The molecule has 2 aromatic rings. The van der Waals surface area contributed by atoms with Crippen molar-refractivity contribution in [3.05, 3.63) is 65.0 Å². The van der Waals surface area contributed by atoms with Crippen molar-refractivity contribution >= 4 is 17.6 Å². The van der Waals surface area contributed by atoms with Crippen LogP contribution in [-0.4, -0.2) is 17.7 Å². The lowest BCUT2D eigenvalue weighted by molar-refractivity contribution is -0.130. The Morgan fingerprint density at radius 3 is 2.59 bits per heavy atom. The topological polar surface area (TPSA) is 46.5 Å². The fraction of sp³-hybridized carbons (Fsp3) is 0.167. The summed E-state index contributed by atoms with van der Waals surface area (Å²) in [6, 6.07) is 11.2. The summed E-state index contributed by atoms with van der Waals surface area (Å²) in [4.78, 5) is 11.5. The van der Waals surface area contributed by atoms with Crippen LogP contribution in [0.5, 0.6) is 5.75 Å². The van der Waals surface area contributed by atoms with Crippen LogP contribution in [0.2, 0.25) is 0 Å². The molecule has 1 N–H and O–H groups in total. The number of ether oxygens (including phenoxy) is 1. The molecule has 0 aliphatic carbocycles. The van der Waals surface area contributed by atoms with Crippen LogP contribution in [0.25, 0.3) is 11.6 Å². The largest absolute Gasteiger partial charge is 0.494 e.